The van der Waals surface area contributed by atoms with E-state index < -0.39 is 11.2 Å². The molecule has 0 spiro atoms. The molecule has 1 saturated heterocycles. The number of amides is 1. The molecule has 9 nitrogen and oxygen atoms in total. The molecule has 0 saturated carbocycles. The number of aryl methyl sites for hydroxylation is 2. The summed E-state index contributed by atoms with van der Waals surface area (Å²) in [7, 11) is 0. The molecule has 0 radical (unpaired) electrons. The van der Waals surface area contributed by atoms with Gasteiger partial charge in [-0.25, -0.2) is 9.78 Å². The Hall–Kier alpha value is -2.42. The van der Waals surface area contributed by atoms with Gasteiger partial charge in [0.05, 0.1) is 6.10 Å². The van der Waals surface area contributed by atoms with Crippen molar-refractivity contribution in [1.29, 1.82) is 0 Å². The molecule has 166 valence electrons. The van der Waals surface area contributed by atoms with E-state index in [2.05, 4.69) is 29.1 Å². The van der Waals surface area contributed by atoms with Gasteiger partial charge in [-0.05, 0) is 25.2 Å². The van der Waals surface area contributed by atoms with Crippen molar-refractivity contribution < 1.29 is 9.53 Å². The zero-order valence-corrected chi connectivity index (χ0v) is 18.2. The lowest BCUT2D eigenvalue weighted by atomic mass is 10.2. The molecule has 3 rings (SSSR count). The van der Waals surface area contributed by atoms with Crippen LogP contribution in [0.4, 0.5) is 0 Å². The zero-order chi connectivity index (χ0) is 21.7. The van der Waals surface area contributed by atoms with E-state index in [9.17, 15) is 14.4 Å². The van der Waals surface area contributed by atoms with Gasteiger partial charge in [0.15, 0.2) is 11.2 Å². The number of nitrogens with one attached hydrogen (secondary N) is 2. The molecular formula is C21H33N5O4. The molecule has 0 aliphatic carbocycles. The topological polar surface area (TPSA) is 111 Å². The second-order valence-electron chi connectivity index (χ2n) is 8.41. The van der Waals surface area contributed by atoms with Crippen LogP contribution in [0.5, 0.6) is 0 Å². The van der Waals surface area contributed by atoms with Crippen molar-refractivity contribution in [1.82, 2.24) is 24.4 Å². The highest BCUT2D eigenvalue weighted by molar-refractivity contribution is 5.76. The zero-order valence-electron chi connectivity index (χ0n) is 18.2. The van der Waals surface area contributed by atoms with Crippen LogP contribution in [-0.2, 0) is 29.0 Å². The third kappa shape index (κ3) is 5.19. The lowest BCUT2D eigenvalue weighted by Crippen LogP contribution is -2.32. The average Bonchev–Trinajstić information content (AvgIpc) is 3.32. The summed E-state index contributed by atoms with van der Waals surface area (Å²) < 4.78 is 8.95. The Morgan fingerprint density at radius 3 is 2.80 bits per heavy atom. The molecule has 1 aliphatic heterocycles. The molecule has 2 aromatic heterocycles. The highest BCUT2D eigenvalue weighted by Gasteiger charge is 2.20. The van der Waals surface area contributed by atoms with E-state index in [0.29, 0.717) is 43.0 Å². The number of carbonyl (C=O) groups is 1. The normalized spacial score (nSPS) is 16.6. The maximum Gasteiger partial charge on any atom is 0.330 e. The second-order valence-corrected chi connectivity index (χ2v) is 8.41. The van der Waals surface area contributed by atoms with Gasteiger partial charge in [0.25, 0.3) is 5.56 Å². The van der Waals surface area contributed by atoms with Gasteiger partial charge in [-0.2, -0.15) is 0 Å². The predicted octanol–water partition coefficient (Wildman–Crippen LogP) is 1.57. The van der Waals surface area contributed by atoms with Crippen LogP contribution in [0.25, 0.3) is 11.2 Å². The monoisotopic (exact) mass is 419 g/mol. The molecule has 9 heteroatoms. The standard InChI is InChI=1S/C21H33N5O4/c1-4-5-10-25-19-18(20(28)24-21(25)29)26(13-14(2)3)16(23-19)8-9-17(27)22-12-15-7-6-11-30-15/h14-15H,4-13H2,1-3H3,(H,22,27)(H,24,28,29). The molecule has 1 unspecified atom stereocenters. The number of unbranched alkanes of at least 4 members (excludes halogenated alkanes) is 1. The van der Waals surface area contributed by atoms with Crippen LogP contribution >= 0.6 is 0 Å². The van der Waals surface area contributed by atoms with Gasteiger partial charge < -0.3 is 14.6 Å². The number of aromatic nitrogens is 4. The van der Waals surface area contributed by atoms with Gasteiger partial charge in [0, 0.05) is 39.1 Å². The average molecular weight is 420 g/mol. The van der Waals surface area contributed by atoms with Crippen LogP contribution < -0.4 is 16.6 Å². The van der Waals surface area contributed by atoms with Gasteiger partial charge in [-0.3, -0.25) is 19.1 Å². The van der Waals surface area contributed by atoms with Gasteiger partial charge >= 0.3 is 5.69 Å². The third-order valence-electron chi connectivity index (χ3n) is 5.37. The van der Waals surface area contributed by atoms with E-state index in [1.807, 2.05) is 11.5 Å². The first-order chi connectivity index (χ1) is 14.4. The highest BCUT2D eigenvalue weighted by Crippen LogP contribution is 2.16. The minimum atomic E-state index is -0.434. The van der Waals surface area contributed by atoms with Gasteiger partial charge in [0.2, 0.25) is 5.91 Å². The summed E-state index contributed by atoms with van der Waals surface area (Å²) in [5, 5.41) is 2.92. The lowest BCUT2D eigenvalue weighted by molar-refractivity contribution is -0.121. The van der Waals surface area contributed by atoms with Crippen molar-refractivity contribution in [3.05, 3.63) is 26.7 Å². The Labute approximate surface area is 175 Å². The Balaban J connectivity index is 1.84. The maximum absolute atomic E-state index is 12.6. The van der Waals surface area contributed by atoms with Crippen LogP contribution in [0.15, 0.2) is 9.59 Å². The fourth-order valence-electron chi connectivity index (χ4n) is 3.84. The highest BCUT2D eigenvalue weighted by atomic mass is 16.5. The summed E-state index contributed by atoms with van der Waals surface area (Å²) >= 11 is 0. The van der Waals surface area contributed by atoms with Crippen molar-refractivity contribution in [2.75, 3.05) is 13.2 Å². The molecule has 2 N–H and O–H groups in total. The molecule has 0 aromatic carbocycles. The largest absolute Gasteiger partial charge is 0.376 e. The predicted molar refractivity (Wildman–Crippen MR) is 115 cm³/mol. The number of fused-ring (bicyclic) bond motifs is 1. The summed E-state index contributed by atoms with van der Waals surface area (Å²) in [6.07, 6.45) is 4.53. The molecule has 3 heterocycles. The quantitative estimate of drug-likeness (QED) is 0.607. The summed E-state index contributed by atoms with van der Waals surface area (Å²) in [5.74, 6) is 0.878. The number of rotatable bonds is 10. The lowest BCUT2D eigenvalue weighted by Gasteiger charge is -2.12. The molecule has 30 heavy (non-hydrogen) atoms. The summed E-state index contributed by atoms with van der Waals surface area (Å²) in [6.45, 7) is 8.55. The number of H-pyrrole nitrogens is 1. The maximum atomic E-state index is 12.6. The molecule has 1 aliphatic rings. The molecule has 1 atom stereocenters. The summed E-state index contributed by atoms with van der Waals surface area (Å²) in [5.41, 5.74) is -0.0391. The Kier molecular flexibility index (Phi) is 7.47. The van der Waals surface area contributed by atoms with E-state index in [0.717, 1.165) is 32.3 Å². The molecule has 1 fully saturated rings. The SMILES string of the molecule is CCCCn1c(=O)[nH]c(=O)c2c1nc(CCC(=O)NCC1CCCO1)n2CC(C)C. The summed E-state index contributed by atoms with van der Waals surface area (Å²) in [6, 6.07) is 0. The van der Waals surface area contributed by atoms with Crippen LogP contribution in [-0.4, -0.2) is 44.3 Å². The van der Waals surface area contributed by atoms with E-state index >= 15 is 0 Å². The minimum absolute atomic E-state index is 0.0639. The molecule has 2 aromatic rings. The number of hydrogen-bond acceptors (Lipinski definition) is 5. The van der Waals surface area contributed by atoms with Crippen LogP contribution in [0.1, 0.15) is 58.7 Å². The fraction of sp³-hybridized carbons (Fsp3) is 0.714. The van der Waals surface area contributed by atoms with E-state index in [4.69, 9.17) is 4.74 Å². The van der Waals surface area contributed by atoms with Gasteiger partial charge in [-0.15, -0.1) is 0 Å². The number of hydrogen-bond donors (Lipinski definition) is 2. The van der Waals surface area contributed by atoms with Crippen LogP contribution in [0.2, 0.25) is 0 Å². The first-order valence-electron chi connectivity index (χ1n) is 11.0. The number of nitrogens with zero attached hydrogens (tertiary/aromatic N) is 3. The van der Waals surface area contributed by atoms with Crippen molar-refractivity contribution in [3.8, 4) is 0 Å². The van der Waals surface area contributed by atoms with Crippen molar-refractivity contribution >= 4 is 17.1 Å². The molecule has 0 bridgehead atoms. The number of aromatic amines is 1. The van der Waals surface area contributed by atoms with Crippen molar-refractivity contribution in [2.45, 2.75) is 78.5 Å². The smallest absolute Gasteiger partial charge is 0.330 e. The van der Waals surface area contributed by atoms with Crippen molar-refractivity contribution in [3.63, 3.8) is 0 Å². The first-order valence-corrected chi connectivity index (χ1v) is 11.0. The number of imidazole rings is 1. The Bertz CT molecular complexity index is 982. The minimum Gasteiger partial charge on any atom is -0.376 e. The number of ether oxygens (including phenoxy) is 1. The van der Waals surface area contributed by atoms with Crippen LogP contribution in [0, 0.1) is 5.92 Å². The van der Waals surface area contributed by atoms with E-state index in [1.165, 1.54) is 4.57 Å². The third-order valence-corrected chi connectivity index (χ3v) is 5.37. The van der Waals surface area contributed by atoms with Gasteiger partial charge in [-0.1, -0.05) is 27.2 Å². The second kappa shape index (κ2) is 10.1. The Morgan fingerprint density at radius 2 is 2.13 bits per heavy atom. The summed E-state index contributed by atoms with van der Waals surface area (Å²) in [4.78, 5) is 44.4. The molecule has 1 amide bonds. The van der Waals surface area contributed by atoms with Crippen LogP contribution in [0.3, 0.4) is 0 Å². The first kappa shape index (κ1) is 22.3. The number of carbonyl (C=O) groups excluding carboxylic acids is 1. The Morgan fingerprint density at radius 1 is 1.33 bits per heavy atom. The van der Waals surface area contributed by atoms with E-state index in [1.54, 1.807) is 0 Å². The van der Waals surface area contributed by atoms with Gasteiger partial charge in [0.1, 0.15) is 5.82 Å². The fourth-order valence-corrected chi connectivity index (χ4v) is 3.84. The van der Waals surface area contributed by atoms with Crippen molar-refractivity contribution in [2.24, 2.45) is 5.92 Å². The molecular weight excluding hydrogens is 386 g/mol. The van der Waals surface area contributed by atoms with E-state index in [-0.39, 0.29) is 24.3 Å².